The lowest BCUT2D eigenvalue weighted by Crippen LogP contribution is -2.47. The van der Waals surface area contributed by atoms with E-state index in [1.807, 2.05) is 13.8 Å². The zero-order valence-corrected chi connectivity index (χ0v) is 11.7. The highest BCUT2D eigenvalue weighted by Gasteiger charge is 2.20. The molecule has 0 aliphatic carbocycles. The number of amides is 3. The number of likely N-dealkylation sites (tertiary alicyclic amines) is 1. The average Bonchev–Trinajstić information content (AvgIpc) is 2.38. The highest BCUT2D eigenvalue weighted by atomic mass is 16.2. The summed E-state index contributed by atoms with van der Waals surface area (Å²) in [5.41, 5.74) is 0. The number of nitrogens with one attached hydrogen (secondary N) is 1. The molecule has 0 spiro atoms. The number of piperidine rings is 1. The van der Waals surface area contributed by atoms with Gasteiger partial charge in [0.15, 0.2) is 0 Å². The third kappa shape index (κ3) is 4.20. The van der Waals surface area contributed by atoms with Gasteiger partial charge < -0.3 is 15.1 Å². The van der Waals surface area contributed by atoms with E-state index in [-0.39, 0.29) is 18.5 Å². The van der Waals surface area contributed by atoms with Crippen molar-refractivity contribution in [1.82, 2.24) is 15.1 Å². The van der Waals surface area contributed by atoms with E-state index in [2.05, 4.69) is 12.2 Å². The molecule has 0 radical (unpaired) electrons. The van der Waals surface area contributed by atoms with Crippen molar-refractivity contribution in [1.29, 1.82) is 0 Å². The first-order chi connectivity index (χ1) is 8.58. The van der Waals surface area contributed by atoms with Crippen molar-refractivity contribution in [3.8, 4) is 0 Å². The molecule has 5 heteroatoms. The van der Waals surface area contributed by atoms with E-state index in [4.69, 9.17) is 0 Å². The van der Waals surface area contributed by atoms with Crippen LogP contribution in [0.25, 0.3) is 0 Å². The van der Waals surface area contributed by atoms with Gasteiger partial charge >= 0.3 is 6.03 Å². The fourth-order valence-corrected chi connectivity index (χ4v) is 2.16. The van der Waals surface area contributed by atoms with E-state index in [0.29, 0.717) is 19.0 Å². The van der Waals surface area contributed by atoms with Crippen molar-refractivity contribution in [2.45, 2.75) is 33.6 Å². The van der Waals surface area contributed by atoms with Crippen LogP contribution in [0.4, 0.5) is 4.79 Å². The Morgan fingerprint density at radius 1 is 1.22 bits per heavy atom. The van der Waals surface area contributed by atoms with E-state index >= 15 is 0 Å². The Kier molecular flexibility index (Phi) is 5.95. The van der Waals surface area contributed by atoms with Crippen LogP contribution < -0.4 is 5.32 Å². The van der Waals surface area contributed by atoms with Crippen molar-refractivity contribution < 1.29 is 9.59 Å². The average molecular weight is 255 g/mol. The van der Waals surface area contributed by atoms with Gasteiger partial charge in [-0.1, -0.05) is 6.92 Å². The largest absolute Gasteiger partial charge is 0.342 e. The van der Waals surface area contributed by atoms with Crippen LogP contribution in [0.2, 0.25) is 0 Å². The molecule has 3 amide bonds. The topological polar surface area (TPSA) is 52.7 Å². The first-order valence-corrected chi connectivity index (χ1v) is 6.89. The standard InChI is InChI=1S/C13H25N3O2/c1-4-15(5-2)12(17)10-14-13(18)16-8-6-11(3)7-9-16/h11H,4-10H2,1-3H3,(H,14,18). The normalized spacial score (nSPS) is 16.5. The summed E-state index contributed by atoms with van der Waals surface area (Å²) in [5.74, 6) is 0.685. The van der Waals surface area contributed by atoms with E-state index in [1.54, 1.807) is 9.80 Å². The van der Waals surface area contributed by atoms with Gasteiger partial charge in [-0.25, -0.2) is 4.79 Å². The van der Waals surface area contributed by atoms with Crippen LogP contribution in [-0.2, 0) is 4.79 Å². The Morgan fingerprint density at radius 3 is 2.28 bits per heavy atom. The number of carbonyl (C=O) groups is 2. The summed E-state index contributed by atoms with van der Waals surface area (Å²) >= 11 is 0. The predicted molar refractivity (Wildman–Crippen MR) is 71.3 cm³/mol. The van der Waals surface area contributed by atoms with Crippen LogP contribution in [0.3, 0.4) is 0 Å². The minimum atomic E-state index is -0.109. The summed E-state index contributed by atoms with van der Waals surface area (Å²) < 4.78 is 0. The molecular weight excluding hydrogens is 230 g/mol. The van der Waals surface area contributed by atoms with Gasteiger partial charge in [0.1, 0.15) is 0 Å². The summed E-state index contributed by atoms with van der Waals surface area (Å²) in [6, 6.07) is -0.109. The zero-order valence-electron chi connectivity index (χ0n) is 11.7. The number of hydrogen-bond acceptors (Lipinski definition) is 2. The second-order valence-corrected chi connectivity index (χ2v) is 4.89. The highest BCUT2D eigenvalue weighted by Crippen LogP contribution is 2.15. The third-order valence-corrected chi connectivity index (χ3v) is 3.58. The maximum Gasteiger partial charge on any atom is 0.317 e. The van der Waals surface area contributed by atoms with Gasteiger partial charge in [0.2, 0.25) is 5.91 Å². The van der Waals surface area contributed by atoms with Crippen molar-refractivity contribution in [3.05, 3.63) is 0 Å². The second kappa shape index (κ2) is 7.24. The third-order valence-electron chi connectivity index (χ3n) is 3.58. The van der Waals surface area contributed by atoms with Crippen LogP contribution in [0.15, 0.2) is 0 Å². The lowest BCUT2D eigenvalue weighted by Gasteiger charge is -2.30. The van der Waals surface area contributed by atoms with Crippen molar-refractivity contribution in [2.24, 2.45) is 5.92 Å². The van der Waals surface area contributed by atoms with Crippen LogP contribution in [-0.4, -0.2) is 54.5 Å². The Hall–Kier alpha value is -1.26. The summed E-state index contributed by atoms with van der Waals surface area (Å²) in [6.07, 6.45) is 2.11. The van der Waals surface area contributed by atoms with Gasteiger partial charge in [0.25, 0.3) is 0 Å². The van der Waals surface area contributed by atoms with E-state index in [9.17, 15) is 9.59 Å². The molecule has 5 nitrogen and oxygen atoms in total. The number of rotatable bonds is 4. The molecule has 0 aromatic carbocycles. The number of carbonyl (C=O) groups excluding carboxylic acids is 2. The molecule has 0 unspecified atom stereocenters. The molecule has 0 saturated carbocycles. The molecule has 0 aromatic rings. The van der Waals surface area contributed by atoms with Gasteiger partial charge in [-0.15, -0.1) is 0 Å². The molecule has 18 heavy (non-hydrogen) atoms. The van der Waals surface area contributed by atoms with Gasteiger partial charge in [0, 0.05) is 26.2 Å². The van der Waals surface area contributed by atoms with Crippen LogP contribution >= 0.6 is 0 Å². The molecule has 1 aliphatic heterocycles. The molecule has 0 aromatic heterocycles. The van der Waals surface area contributed by atoms with Crippen molar-refractivity contribution in [2.75, 3.05) is 32.7 Å². The van der Waals surface area contributed by atoms with Crippen LogP contribution in [0.1, 0.15) is 33.6 Å². The summed E-state index contributed by atoms with van der Waals surface area (Å²) in [4.78, 5) is 27.1. The van der Waals surface area contributed by atoms with Gasteiger partial charge in [-0.05, 0) is 32.6 Å². The summed E-state index contributed by atoms with van der Waals surface area (Å²) in [5, 5.41) is 2.71. The Balaban J connectivity index is 2.30. The first kappa shape index (κ1) is 14.8. The van der Waals surface area contributed by atoms with Crippen LogP contribution in [0, 0.1) is 5.92 Å². The molecule has 1 saturated heterocycles. The fourth-order valence-electron chi connectivity index (χ4n) is 2.16. The molecular formula is C13H25N3O2. The zero-order chi connectivity index (χ0) is 13.5. The Labute approximate surface area is 110 Å². The quantitative estimate of drug-likeness (QED) is 0.823. The lowest BCUT2D eigenvalue weighted by atomic mass is 10.00. The molecule has 1 rings (SSSR count). The van der Waals surface area contributed by atoms with Crippen molar-refractivity contribution >= 4 is 11.9 Å². The SMILES string of the molecule is CCN(CC)C(=O)CNC(=O)N1CCC(C)CC1. The summed E-state index contributed by atoms with van der Waals surface area (Å²) in [6.45, 7) is 9.16. The number of hydrogen-bond donors (Lipinski definition) is 1. The van der Waals surface area contributed by atoms with E-state index < -0.39 is 0 Å². The molecule has 1 aliphatic rings. The minimum absolute atomic E-state index is 0.0151. The summed E-state index contributed by atoms with van der Waals surface area (Å²) in [7, 11) is 0. The highest BCUT2D eigenvalue weighted by molar-refractivity contribution is 5.84. The maximum atomic E-state index is 11.9. The van der Waals surface area contributed by atoms with Gasteiger partial charge in [-0.2, -0.15) is 0 Å². The number of urea groups is 1. The Bertz CT molecular complexity index is 282. The van der Waals surface area contributed by atoms with Gasteiger partial charge in [-0.3, -0.25) is 4.79 Å². The Morgan fingerprint density at radius 2 is 1.78 bits per heavy atom. The van der Waals surface area contributed by atoms with E-state index in [1.165, 1.54) is 0 Å². The molecule has 0 bridgehead atoms. The number of nitrogens with zero attached hydrogens (tertiary/aromatic N) is 2. The first-order valence-electron chi connectivity index (χ1n) is 6.89. The minimum Gasteiger partial charge on any atom is -0.342 e. The molecule has 1 fully saturated rings. The predicted octanol–water partition coefficient (Wildman–Crippen LogP) is 1.30. The molecule has 0 atom stereocenters. The lowest BCUT2D eigenvalue weighted by molar-refractivity contribution is -0.129. The molecule has 1 heterocycles. The molecule has 104 valence electrons. The molecule has 1 N–H and O–H groups in total. The van der Waals surface area contributed by atoms with Crippen LogP contribution in [0.5, 0.6) is 0 Å². The van der Waals surface area contributed by atoms with Gasteiger partial charge in [0.05, 0.1) is 6.54 Å². The smallest absolute Gasteiger partial charge is 0.317 e. The van der Waals surface area contributed by atoms with Crippen molar-refractivity contribution in [3.63, 3.8) is 0 Å². The second-order valence-electron chi connectivity index (χ2n) is 4.89. The number of likely N-dealkylation sites (N-methyl/N-ethyl adjacent to an activating group) is 1. The monoisotopic (exact) mass is 255 g/mol. The van der Waals surface area contributed by atoms with E-state index in [0.717, 1.165) is 25.9 Å². The maximum absolute atomic E-state index is 11.9. The fraction of sp³-hybridized carbons (Fsp3) is 0.846.